The molecule has 4 heteroatoms. The van der Waals surface area contributed by atoms with Crippen LogP contribution in [0.5, 0.6) is 0 Å². The largest absolute Gasteiger partial charge is 0.376 e. The Bertz CT molecular complexity index is 3760. The van der Waals surface area contributed by atoms with E-state index < -0.39 is 0 Å². The molecule has 0 aliphatic carbocycles. The van der Waals surface area contributed by atoms with Crippen LogP contribution in [0.1, 0.15) is 30.5 Å². The van der Waals surface area contributed by atoms with Crippen molar-refractivity contribution in [2.45, 2.75) is 26.2 Å². The second kappa shape index (κ2) is 13.7. The number of benzene rings is 10. The van der Waals surface area contributed by atoms with Gasteiger partial charge in [0.05, 0.1) is 11.0 Å². The zero-order chi connectivity index (χ0) is 43.8. The number of nitrogens with zero attached hydrogens (tertiary/aromatic N) is 3. The molecule has 0 atom stereocenters. The molecule has 1 aromatic heterocycles. The number of aryl methyl sites for hydroxylation is 1. The van der Waals surface area contributed by atoms with Gasteiger partial charge >= 0.3 is 6.85 Å². The molecular weight excluding hydrogens is 798 g/mol. The lowest BCUT2D eigenvalue weighted by molar-refractivity contribution is 0.637. The minimum absolute atomic E-state index is 0.105. The fourth-order valence-electron chi connectivity index (χ4n) is 12.1. The first-order valence-corrected chi connectivity index (χ1v) is 23.2. The molecule has 0 bridgehead atoms. The molecule has 14 rings (SSSR count). The van der Waals surface area contributed by atoms with Crippen molar-refractivity contribution >= 4 is 78.8 Å². The van der Waals surface area contributed by atoms with Crippen LogP contribution in [0.2, 0.25) is 0 Å². The van der Waals surface area contributed by atoms with Gasteiger partial charge in [-0.25, -0.2) is 0 Å². The molecule has 0 radical (unpaired) electrons. The van der Waals surface area contributed by atoms with Gasteiger partial charge in [0.15, 0.2) is 0 Å². The zero-order valence-electron chi connectivity index (χ0n) is 37.1. The maximum absolute atomic E-state index is 2.71. The Morgan fingerprint density at radius 2 is 1.15 bits per heavy atom. The number of anilines is 5. The summed E-state index contributed by atoms with van der Waals surface area (Å²) in [6.45, 7) is 7.00. The fourth-order valence-corrected chi connectivity index (χ4v) is 12.1. The van der Waals surface area contributed by atoms with Crippen molar-refractivity contribution in [2.24, 2.45) is 0 Å². The summed E-state index contributed by atoms with van der Waals surface area (Å²) in [6, 6.07) is 79.3. The Morgan fingerprint density at radius 1 is 0.485 bits per heavy atom. The van der Waals surface area contributed by atoms with Crippen LogP contribution in [-0.4, -0.2) is 11.4 Å². The second-order valence-electron chi connectivity index (χ2n) is 18.9. The van der Waals surface area contributed by atoms with Gasteiger partial charge in [-0.15, -0.1) is 0 Å². The molecule has 3 nitrogen and oxygen atoms in total. The fraction of sp³-hybridized carbons (Fsp3) is 0.0645. The van der Waals surface area contributed by atoms with Crippen molar-refractivity contribution in [2.75, 3.05) is 9.71 Å². The summed E-state index contributed by atoms with van der Waals surface area (Å²) >= 11 is 0. The first-order valence-electron chi connectivity index (χ1n) is 23.2. The molecular formula is C62H44BN3. The maximum atomic E-state index is 2.71. The summed E-state index contributed by atoms with van der Waals surface area (Å²) in [5.74, 6) is 0. The third-order valence-electron chi connectivity index (χ3n) is 14.9. The van der Waals surface area contributed by atoms with Gasteiger partial charge in [-0.3, -0.25) is 0 Å². The molecule has 11 aromatic rings. The van der Waals surface area contributed by atoms with Crippen molar-refractivity contribution in [1.82, 2.24) is 4.57 Å². The van der Waals surface area contributed by atoms with E-state index in [4.69, 9.17) is 0 Å². The molecule has 4 heterocycles. The highest BCUT2D eigenvalue weighted by Gasteiger charge is 2.49. The van der Waals surface area contributed by atoms with E-state index in [9.17, 15) is 0 Å². The van der Waals surface area contributed by atoms with E-state index >= 15 is 0 Å². The van der Waals surface area contributed by atoms with Crippen LogP contribution in [0.3, 0.4) is 0 Å². The normalized spacial score (nSPS) is 13.7. The summed E-state index contributed by atoms with van der Waals surface area (Å²) in [5, 5.41) is 5.25. The molecule has 0 fully saturated rings. The summed E-state index contributed by atoms with van der Waals surface area (Å²) in [5.41, 5.74) is 23.6. The van der Waals surface area contributed by atoms with E-state index in [-0.39, 0.29) is 12.3 Å². The molecule has 0 N–H and O–H groups in total. The van der Waals surface area contributed by atoms with Crippen LogP contribution in [0.25, 0.3) is 71.6 Å². The van der Waals surface area contributed by atoms with Crippen LogP contribution in [0, 0.1) is 6.92 Å². The van der Waals surface area contributed by atoms with Gasteiger partial charge in [0, 0.05) is 55.9 Å². The van der Waals surface area contributed by atoms with Crippen molar-refractivity contribution in [3.8, 4) is 39.1 Å². The average molecular weight is 842 g/mol. The minimum Gasteiger partial charge on any atom is -0.376 e. The number of para-hydroxylation sites is 3. The maximum Gasteiger partial charge on any atom is 0.333 e. The first kappa shape index (κ1) is 37.3. The van der Waals surface area contributed by atoms with Gasteiger partial charge < -0.3 is 14.3 Å². The Balaban J connectivity index is 1.18. The van der Waals surface area contributed by atoms with Crippen molar-refractivity contribution in [3.05, 3.63) is 229 Å². The van der Waals surface area contributed by atoms with E-state index in [1.54, 1.807) is 0 Å². The van der Waals surface area contributed by atoms with E-state index in [0.717, 1.165) is 17.1 Å². The van der Waals surface area contributed by atoms with Crippen molar-refractivity contribution in [3.63, 3.8) is 0 Å². The lowest BCUT2D eigenvalue weighted by atomic mass is 9.43. The van der Waals surface area contributed by atoms with E-state index in [1.165, 1.54) is 111 Å². The minimum atomic E-state index is -0.280. The van der Waals surface area contributed by atoms with Crippen LogP contribution >= 0.6 is 0 Å². The van der Waals surface area contributed by atoms with Crippen molar-refractivity contribution < 1.29 is 0 Å². The Kier molecular flexibility index (Phi) is 7.76. The van der Waals surface area contributed by atoms with Crippen LogP contribution < -0.4 is 20.6 Å². The molecule has 0 saturated carbocycles. The number of aromatic nitrogens is 1. The molecule has 0 amide bonds. The summed E-state index contributed by atoms with van der Waals surface area (Å²) in [4.78, 5) is 5.06. The van der Waals surface area contributed by atoms with Gasteiger partial charge in [-0.05, 0) is 128 Å². The summed E-state index contributed by atoms with van der Waals surface area (Å²) in [6.07, 6.45) is 0. The van der Waals surface area contributed by atoms with Crippen LogP contribution in [-0.2, 0) is 5.41 Å². The topological polar surface area (TPSA) is 11.4 Å². The van der Waals surface area contributed by atoms with Gasteiger partial charge in [0.25, 0.3) is 0 Å². The third kappa shape index (κ3) is 5.04. The average Bonchev–Trinajstić information content (AvgIpc) is 3.70. The molecule has 10 aromatic carbocycles. The number of fused-ring (bicyclic) bond motifs is 6. The van der Waals surface area contributed by atoms with Crippen LogP contribution in [0.4, 0.5) is 28.4 Å². The number of rotatable bonds is 6. The molecule has 3 aliphatic rings. The van der Waals surface area contributed by atoms with Gasteiger partial charge in [-0.1, -0.05) is 171 Å². The quantitative estimate of drug-likeness (QED) is 0.155. The Hall–Kier alpha value is -8.08. The molecule has 0 spiro atoms. The van der Waals surface area contributed by atoms with Crippen LogP contribution in [0.15, 0.2) is 212 Å². The lowest BCUT2D eigenvalue weighted by Gasteiger charge is -2.45. The summed E-state index contributed by atoms with van der Waals surface area (Å²) < 4.78 is 2.71. The van der Waals surface area contributed by atoms with E-state index in [0.29, 0.717) is 0 Å². The number of hydrogen-bond donors (Lipinski definition) is 0. The number of hydrogen-bond acceptors (Lipinski definition) is 2. The second-order valence-corrected chi connectivity index (χ2v) is 18.9. The third-order valence-corrected chi connectivity index (χ3v) is 14.9. The SMILES string of the molecule is Cc1ccc(N2B3c4cccc5c4-n4c6c(c7ccccc7cc6c6c(-c7ccccc7-c7ccccc7)cc(c3c64)-c3ccc(N(c4ccccc4)c4ccccc4)cc32)C5(C)C)cc1. The van der Waals surface area contributed by atoms with Gasteiger partial charge in [0.1, 0.15) is 0 Å². The Labute approximate surface area is 385 Å². The zero-order valence-corrected chi connectivity index (χ0v) is 37.1. The highest BCUT2D eigenvalue weighted by molar-refractivity contribution is 6.94. The molecule has 0 unspecified atom stereocenters. The summed E-state index contributed by atoms with van der Waals surface area (Å²) in [7, 11) is 0. The lowest BCUT2D eigenvalue weighted by Crippen LogP contribution is -2.61. The molecule has 3 aliphatic heterocycles. The highest BCUT2D eigenvalue weighted by atomic mass is 15.2. The standard InChI is InChI=1S/C62H44BN3/c1-39-30-32-44(33-31-39)66-55-37-45(64(42-21-9-5-10-22-42)43-23-11-6-12-24-43)34-35-49(55)51-38-50(48-27-16-15-25-46(48)40-18-7-4-8-19-40)56-52-36-41-20-13-14-26-47(41)57-59(52)65-60-53(62(57,2)3)28-17-29-54(60)63(66)58(51)61(56)65/h4-38H,1-3H3. The monoisotopic (exact) mass is 841 g/mol. The predicted molar refractivity (Wildman–Crippen MR) is 280 cm³/mol. The highest BCUT2D eigenvalue weighted by Crippen LogP contribution is 2.56. The predicted octanol–water partition coefficient (Wildman–Crippen LogP) is 14.9. The Morgan fingerprint density at radius 3 is 1.89 bits per heavy atom. The van der Waals surface area contributed by atoms with E-state index in [1.807, 2.05) is 0 Å². The molecule has 310 valence electrons. The van der Waals surface area contributed by atoms with Crippen molar-refractivity contribution in [1.29, 1.82) is 0 Å². The molecule has 66 heavy (non-hydrogen) atoms. The van der Waals surface area contributed by atoms with E-state index in [2.05, 4.69) is 247 Å². The van der Waals surface area contributed by atoms with Gasteiger partial charge in [0.2, 0.25) is 0 Å². The smallest absolute Gasteiger partial charge is 0.333 e. The first-order chi connectivity index (χ1) is 32.5. The molecule has 0 saturated heterocycles. The van der Waals surface area contributed by atoms with Gasteiger partial charge in [-0.2, -0.15) is 0 Å².